The van der Waals surface area contributed by atoms with Crippen molar-refractivity contribution in [3.05, 3.63) is 46.1 Å². The van der Waals surface area contributed by atoms with Crippen LogP contribution in [0.2, 0.25) is 0 Å². The van der Waals surface area contributed by atoms with Crippen molar-refractivity contribution < 1.29 is 4.92 Å². The van der Waals surface area contributed by atoms with Crippen molar-refractivity contribution in [3.8, 4) is 11.4 Å². The summed E-state index contributed by atoms with van der Waals surface area (Å²) < 4.78 is 0. The molecule has 1 N–H and O–H groups in total. The Morgan fingerprint density at radius 2 is 2.15 bits per heavy atom. The third-order valence-electron chi connectivity index (χ3n) is 2.88. The molecule has 2 aromatic rings. The van der Waals surface area contributed by atoms with E-state index in [-0.39, 0.29) is 5.69 Å². The molecule has 0 aliphatic carbocycles. The normalized spacial score (nSPS) is 10.3. The third kappa shape index (κ3) is 3.09. The van der Waals surface area contributed by atoms with E-state index in [9.17, 15) is 10.1 Å². The van der Waals surface area contributed by atoms with E-state index in [0.29, 0.717) is 11.4 Å². The van der Waals surface area contributed by atoms with Crippen molar-refractivity contribution in [3.63, 3.8) is 0 Å². The molecule has 0 aliphatic rings. The van der Waals surface area contributed by atoms with Crippen molar-refractivity contribution in [2.75, 3.05) is 11.9 Å². The van der Waals surface area contributed by atoms with E-state index in [1.807, 2.05) is 6.92 Å². The number of hydrogen-bond acceptors (Lipinski definition) is 5. The van der Waals surface area contributed by atoms with E-state index in [0.717, 1.165) is 24.3 Å². The lowest BCUT2D eigenvalue weighted by Gasteiger charge is -2.07. The van der Waals surface area contributed by atoms with Crippen molar-refractivity contribution >= 4 is 11.5 Å². The van der Waals surface area contributed by atoms with Crippen LogP contribution in [0.25, 0.3) is 11.4 Å². The molecule has 6 nitrogen and oxygen atoms in total. The molecule has 0 aliphatic heterocycles. The summed E-state index contributed by atoms with van der Waals surface area (Å²) in [7, 11) is 0. The number of nitro benzene ring substituents is 1. The first-order chi connectivity index (χ1) is 9.61. The standard InChI is InChI=1S/C14H16N4O2/c1-3-7-15-13-6-8-16-14(17-13)12-9-11(18(19)20)5-4-10(12)2/h4-6,8-9H,3,7H2,1-2H3,(H,15,16,17). The first-order valence-electron chi connectivity index (χ1n) is 6.44. The van der Waals surface area contributed by atoms with Gasteiger partial charge in [0.05, 0.1) is 4.92 Å². The highest BCUT2D eigenvalue weighted by Crippen LogP contribution is 2.25. The molecule has 0 bridgehead atoms. The van der Waals surface area contributed by atoms with Gasteiger partial charge in [0.15, 0.2) is 5.82 Å². The Balaban J connectivity index is 2.40. The van der Waals surface area contributed by atoms with Crippen LogP contribution in [0.1, 0.15) is 18.9 Å². The highest BCUT2D eigenvalue weighted by atomic mass is 16.6. The van der Waals surface area contributed by atoms with Crippen LogP contribution >= 0.6 is 0 Å². The van der Waals surface area contributed by atoms with Gasteiger partial charge in [0.25, 0.3) is 5.69 Å². The van der Waals surface area contributed by atoms with E-state index in [2.05, 4.69) is 22.2 Å². The Labute approximate surface area is 117 Å². The SMILES string of the molecule is CCCNc1ccnc(-c2cc([N+](=O)[O-])ccc2C)n1. The molecule has 6 heteroatoms. The van der Waals surface area contributed by atoms with Crippen LogP contribution in [0.5, 0.6) is 0 Å². The maximum atomic E-state index is 10.9. The minimum atomic E-state index is -0.415. The van der Waals surface area contributed by atoms with Crippen molar-refractivity contribution in [1.82, 2.24) is 9.97 Å². The highest BCUT2D eigenvalue weighted by Gasteiger charge is 2.12. The molecular formula is C14H16N4O2. The fraction of sp³-hybridized carbons (Fsp3) is 0.286. The van der Waals surface area contributed by atoms with Crippen LogP contribution in [-0.4, -0.2) is 21.4 Å². The number of nitrogens with one attached hydrogen (secondary N) is 1. The summed E-state index contributed by atoms with van der Waals surface area (Å²) in [6, 6.07) is 6.49. The van der Waals surface area contributed by atoms with E-state index >= 15 is 0 Å². The Bertz CT molecular complexity index is 628. The summed E-state index contributed by atoms with van der Waals surface area (Å²) in [5.41, 5.74) is 1.63. The van der Waals surface area contributed by atoms with Crippen LogP contribution in [0, 0.1) is 17.0 Å². The van der Waals surface area contributed by atoms with Crippen molar-refractivity contribution in [2.24, 2.45) is 0 Å². The van der Waals surface area contributed by atoms with Gasteiger partial charge in [-0.25, -0.2) is 9.97 Å². The lowest BCUT2D eigenvalue weighted by Crippen LogP contribution is -2.03. The summed E-state index contributed by atoms with van der Waals surface area (Å²) in [4.78, 5) is 19.0. The number of benzene rings is 1. The quantitative estimate of drug-likeness (QED) is 0.667. The van der Waals surface area contributed by atoms with E-state index < -0.39 is 4.92 Å². The number of aryl methyl sites for hydroxylation is 1. The largest absolute Gasteiger partial charge is 0.370 e. The van der Waals surface area contributed by atoms with Gasteiger partial charge in [0.1, 0.15) is 5.82 Å². The van der Waals surface area contributed by atoms with E-state index in [1.165, 1.54) is 12.1 Å². The zero-order chi connectivity index (χ0) is 14.5. The van der Waals surface area contributed by atoms with Gasteiger partial charge in [-0.2, -0.15) is 0 Å². The topological polar surface area (TPSA) is 81.0 Å². The van der Waals surface area contributed by atoms with E-state index in [1.54, 1.807) is 18.3 Å². The molecule has 1 aromatic heterocycles. The fourth-order valence-corrected chi connectivity index (χ4v) is 1.80. The van der Waals surface area contributed by atoms with Crippen molar-refractivity contribution in [2.45, 2.75) is 20.3 Å². The summed E-state index contributed by atoms with van der Waals surface area (Å²) in [5, 5.41) is 14.0. The smallest absolute Gasteiger partial charge is 0.270 e. The lowest BCUT2D eigenvalue weighted by molar-refractivity contribution is -0.384. The number of nitro groups is 1. The average molecular weight is 272 g/mol. The van der Waals surface area contributed by atoms with Gasteiger partial charge in [-0.3, -0.25) is 10.1 Å². The zero-order valence-electron chi connectivity index (χ0n) is 11.5. The summed E-state index contributed by atoms with van der Waals surface area (Å²) in [5.74, 6) is 1.22. The molecule has 1 aromatic carbocycles. The third-order valence-corrected chi connectivity index (χ3v) is 2.88. The Kier molecular flexibility index (Phi) is 4.24. The summed E-state index contributed by atoms with van der Waals surface area (Å²) >= 11 is 0. The number of nitrogens with zero attached hydrogens (tertiary/aromatic N) is 3. The molecule has 0 fully saturated rings. The first-order valence-corrected chi connectivity index (χ1v) is 6.44. The Morgan fingerprint density at radius 3 is 2.85 bits per heavy atom. The second kappa shape index (κ2) is 6.10. The number of non-ortho nitro benzene ring substituents is 1. The molecule has 1 heterocycles. The molecule has 0 amide bonds. The number of anilines is 1. The molecule has 0 spiro atoms. The van der Waals surface area contributed by atoms with Gasteiger partial charge in [-0.05, 0) is 25.0 Å². The first kappa shape index (κ1) is 13.9. The predicted octanol–water partition coefficient (Wildman–Crippen LogP) is 3.18. The van der Waals surface area contributed by atoms with Crippen LogP contribution in [0.15, 0.2) is 30.5 Å². The molecule has 0 unspecified atom stereocenters. The van der Waals surface area contributed by atoms with Gasteiger partial charge in [-0.1, -0.05) is 13.0 Å². The maximum Gasteiger partial charge on any atom is 0.270 e. The molecular weight excluding hydrogens is 256 g/mol. The number of aromatic nitrogens is 2. The minimum absolute atomic E-state index is 0.0427. The molecule has 0 atom stereocenters. The Morgan fingerprint density at radius 1 is 1.35 bits per heavy atom. The molecule has 104 valence electrons. The maximum absolute atomic E-state index is 10.9. The minimum Gasteiger partial charge on any atom is -0.370 e. The molecule has 0 radical (unpaired) electrons. The van der Waals surface area contributed by atoms with Crippen LogP contribution < -0.4 is 5.32 Å². The molecule has 0 saturated heterocycles. The predicted molar refractivity (Wildman–Crippen MR) is 77.6 cm³/mol. The van der Waals surface area contributed by atoms with Crippen molar-refractivity contribution in [1.29, 1.82) is 0 Å². The number of hydrogen-bond donors (Lipinski definition) is 1. The van der Waals surface area contributed by atoms with Crippen LogP contribution in [-0.2, 0) is 0 Å². The zero-order valence-corrected chi connectivity index (χ0v) is 11.5. The fourth-order valence-electron chi connectivity index (χ4n) is 1.80. The van der Waals surface area contributed by atoms with E-state index in [4.69, 9.17) is 0 Å². The highest BCUT2D eigenvalue weighted by molar-refractivity contribution is 5.64. The second-order valence-corrected chi connectivity index (χ2v) is 4.45. The van der Waals surface area contributed by atoms with Crippen LogP contribution in [0.3, 0.4) is 0 Å². The monoisotopic (exact) mass is 272 g/mol. The van der Waals surface area contributed by atoms with Gasteiger partial charge in [0.2, 0.25) is 0 Å². The average Bonchev–Trinajstić information content (AvgIpc) is 2.45. The molecule has 20 heavy (non-hydrogen) atoms. The van der Waals surface area contributed by atoms with Gasteiger partial charge in [0, 0.05) is 30.4 Å². The summed E-state index contributed by atoms with van der Waals surface area (Å²) in [6.07, 6.45) is 2.65. The second-order valence-electron chi connectivity index (χ2n) is 4.45. The van der Waals surface area contributed by atoms with Gasteiger partial charge >= 0.3 is 0 Å². The molecule has 0 saturated carbocycles. The lowest BCUT2D eigenvalue weighted by atomic mass is 10.1. The number of rotatable bonds is 5. The van der Waals surface area contributed by atoms with Gasteiger partial charge in [-0.15, -0.1) is 0 Å². The summed E-state index contributed by atoms with van der Waals surface area (Å²) in [6.45, 7) is 4.78. The Hall–Kier alpha value is -2.50. The van der Waals surface area contributed by atoms with Gasteiger partial charge < -0.3 is 5.32 Å². The van der Waals surface area contributed by atoms with Crippen LogP contribution in [0.4, 0.5) is 11.5 Å². The molecule has 2 rings (SSSR count).